The summed E-state index contributed by atoms with van der Waals surface area (Å²) in [6.45, 7) is 4.32. The molecule has 0 aromatic heterocycles. The van der Waals surface area contributed by atoms with Crippen LogP contribution in [-0.4, -0.2) is 40.4 Å². The molecule has 5 heteroatoms. The molecule has 8 bridgehead atoms. The molecular formula is C32H48O5. The van der Waals surface area contributed by atoms with Crippen LogP contribution in [0.1, 0.15) is 65.2 Å². The van der Waals surface area contributed by atoms with Crippen LogP contribution in [0.5, 0.6) is 0 Å². The Hall–Kier alpha value is -1.36. The highest BCUT2D eigenvalue weighted by molar-refractivity contribution is 5.78. The molecule has 8 aliphatic carbocycles. The molecule has 8 aliphatic rings. The lowest BCUT2D eigenvalue weighted by molar-refractivity contribution is -0.158. The summed E-state index contributed by atoms with van der Waals surface area (Å²) in [7, 11) is 6.34. The van der Waals surface area contributed by atoms with Crippen molar-refractivity contribution >= 4 is 11.9 Å². The van der Waals surface area contributed by atoms with Crippen molar-refractivity contribution in [3.8, 4) is 0 Å². The second-order valence-electron chi connectivity index (χ2n) is 14.4. The molecule has 0 aromatic rings. The zero-order valence-corrected chi connectivity index (χ0v) is 23.8. The van der Waals surface area contributed by atoms with Crippen LogP contribution in [0.15, 0.2) is 12.2 Å². The number of carbonyl (C=O) groups excluding carboxylic acids is 2. The number of hydrogen-bond acceptors (Lipinski definition) is 5. The molecule has 0 heterocycles. The Morgan fingerprint density at radius 2 is 1.08 bits per heavy atom. The van der Waals surface area contributed by atoms with Gasteiger partial charge in [-0.15, -0.1) is 0 Å². The third-order valence-corrected chi connectivity index (χ3v) is 13.1. The molecule has 0 spiro atoms. The van der Waals surface area contributed by atoms with Crippen LogP contribution in [0, 0.1) is 81.8 Å². The highest BCUT2D eigenvalue weighted by Crippen LogP contribution is 2.72. The molecular weight excluding hydrogens is 464 g/mol. The molecule has 0 aromatic carbocycles. The third kappa shape index (κ3) is 3.50. The highest BCUT2D eigenvalue weighted by atomic mass is 16.5. The maximum Gasteiger partial charge on any atom is 0.311 e. The van der Waals surface area contributed by atoms with Crippen LogP contribution in [-0.2, 0) is 23.8 Å². The zero-order valence-electron chi connectivity index (χ0n) is 23.8. The monoisotopic (exact) mass is 512 g/mol. The van der Waals surface area contributed by atoms with Crippen molar-refractivity contribution in [2.45, 2.75) is 65.2 Å². The average molecular weight is 513 g/mol. The first-order valence-corrected chi connectivity index (χ1v) is 15.0. The van der Waals surface area contributed by atoms with Crippen LogP contribution in [0.3, 0.4) is 0 Å². The predicted molar refractivity (Wildman–Crippen MR) is 141 cm³/mol. The fourth-order valence-corrected chi connectivity index (χ4v) is 12.2. The van der Waals surface area contributed by atoms with Crippen molar-refractivity contribution < 1.29 is 23.8 Å². The van der Waals surface area contributed by atoms with Gasteiger partial charge in [-0.05, 0) is 136 Å². The van der Waals surface area contributed by atoms with E-state index in [0.717, 1.165) is 72.0 Å². The van der Waals surface area contributed by atoms with Crippen LogP contribution in [0.2, 0.25) is 0 Å². The molecule has 0 saturated heterocycles. The van der Waals surface area contributed by atoms with Gasteiger partial charge in [-0.2, -0.15) is 0 Å². The van der Waals surface area contributed by atoms with Gasteiger partial charge in [0.1, 0.15) is 0 Å². The summed E-state index contributed by atoms with van der Waals surface area (Å²) in [4.78, 5) is 24.2. The van der Waals surface area contributed by atoms with E-state index in [-0.39, 0.29) is 22.8 Å². The molecule has 14 atom stereocenters. The van der Waals surface area contributed by atoms with Crippen LogP contribution in [0.25, 0.3) is 0 Å². The number of fused-ring (bicyclic) bond motifs is 18. The summed E-state index contributed by atoms with van der Waals surface area (Å²) >= 11 is 0. The number of ether oxygens (including phenoxy) is 3. The van der Waals surface area contributed by atoms with Gasteiger partial charge in [0.05, 0.1) is 25.0 Å². The minimum atomic E-state index is -0.182. The molecule has 0 amide bonds. The quantitative estimate of drug-likeness (QED) is 0.267. The maximum atomic E-state index is 12.1. The second-order valence-corrected chi connectivity index (χ2v) is 14.4. The van der Waals surface area contributed by atoms with Crippen molar-refractivity contribution in [1.82, 2.24) is 0 Å². The van der Waals surface area contributed by atoms with Crippen LogP contribution >= 0.6 is 0 Å². The normalized spacial score (nSPS) is 53.8. The molecule has 37 heavy (non-hydrogen) atoms. The van der Waals surface area contributed by atoms with Gasteiger partial charge in [-0.3, -0.25) is 9.59 Å². The summed E-state index contributed by atoms with van der Waals surface area (Å²) in [5.41, 5.74) is -0.329. The van der Waals surface area contributed by atoms with Gasteiger partial charge in [0.2, 0.25) is 0 Å². The van der Waals surface area contributed by atoms with E-state index in [0.29, 0.717) is 11.8 Å². The summed E-state index contributed by atoms with van der Waals surface area (Å²) in [5.74, 6) is 10.1. The smallest absolute Gasteiger partial charge is 0.311 e. The van der Waals surface area contributed by atoms with E-state index in [1.54, 1.807) is 21.3 Å². The number of rotatable bonds is 2. The van der Waals surface area contributed by atoms with Crippen molar-refractivity contribution in [3.05, 3.63) is 12.2 Å². The topological polar surface area (TPSA) is 61.8 Å². The Morgan fingerprint density at radius 1 is 0.622 bits per heavy atom. The molecule has 206 valence electrons. The zero-order chi connectivity index (χ0) is 26.3. The van der Waals surface area contributed by atoms with E-state index in [2.05, 4.69) is 30.7 Å². The Balaban J connectivity index is 0.000000124. The van der Waals surface area contributed by atoms with Crippen LogP contribution < -0.4 is 0 Å². The Kier molecular flexibility index (Phi) is 6.37. The second kappa shape index (κ2) is 9.10. The van der Waals surface area contributed by atoms with Crippen molar-refractivity contribution in [2.75, 3.05) is 28.4 Å². The van der Waals surface area contributed by atoms with Gasteiger partial charge in [0.15, 0.2) is 0 Å². The molecule has 0 radical (unpaired) electrons. The molecule has 5 nitrogen and oxygen atoms in total. The Morgan fingerprint density at radius 3 is 1.62 bits per heavy atom. The van der Waals surface area contributed by atoms with Gasteiger partial charge in [0.25, 0.3) is 0 Å². The number of allylic oxidation sites excluding steroid dienone is 2. The first-order chi connectivity index (χ1) is 17.7. The lowest BCUT2D eigenvalue weighted by Gasteiger charge is -2.42. The third-order valence-electron chi connectivity index (χ3n) is 13.1. The molecule has 8 rings (SSSR count). The van der Waals surface area contributed by atoms with E-state index < -0.39 is 0 Å². The van der Waals surface area contributed by atoms with Crippen molar-refractivity contribution in [3.63, 3.8) is 0 Å². The van der Waals surface area contributed by atoms with Gasteiger partial charge in [0, 0.05) is 14.2 Å². The van der Waals surface area contributed by atoms with Gasteiger partial charge in [-0.1, -0.05) is 12.2 Å². The number of esters is 2. The van der Waals surface area contributed by atoms with Gasteiger partial charge < -0.3 is 14.2 Å². The lowest BCUT2D eigenvalue weighted by atomic mass is 9.61. The summed E-state index contributed by atoms with van der Waals surface area (Å²) in [6.07, 6.45) is 15.4. The number of hydrogen-bond donors (Lipinski definition) is 0. The first-order valence-electron chi connectivity index (χ1n) is 15.0. The minimum absolute atomic E-state index is 0.0372. The molecule has 14 unspecified atom stereocenters. The van der Waals surface area contributed by atoms with Gasteiger partial charge in [-0.25, -0.2) is 0 Å². The fourth-order valence-electron chi connectivity index (χ4n) is 12.2. The predicted octanol–water partition coefficient (Wildman–Crippen LogP) is 5.77. The largest absolute Gasteiger partial charge is 0.469 e. The van der Waals surface area contributed by atoms with E-state index in [1.807, 2.05) is 0 Å². The SMILES string of the molecule is COC.COC(=O)C1(C)CC2CC1C1C3C=CC(C3)C21.COC(=O)C1(C)CC2CC1C1C3CCC(C3)C21. The van der Waals surface area contributed by atoms with E-state index >= 15 is 0 Å². The van der Waals surface area contributed by atoms with Crippen molar-refractivity contribution in [2.24, 2.45) is 81.8 Å². The van der Waals surface area contributed by atoms with Crippen molar-refractivity contribution in [1.29, 1.82) is 0 Å². The maximum absolute atomic E-state index is 12.1. The minimum Gasteiger partial charge on any atom is -0.469 e. The first kappa shape index (κ1) is 25.9. The van der Waals surface area contributed by atoms with Crippen LogP contribution in [0.4, 0.5) is 0 Å². The summed E-state index contributed by atoms with van der Waals surface area (Å²) in [6, 6.07) is 0. The van der Waals surface area contributed by atoms with E-state index in [1.165, 1.54) is 45.6 Å². The highest BCUT2D eigenvalue weighted by Gasteiger charge is 2.68. The summed E-state index contributed by atoms with van der Waals surface area (Å²) < 4.78 is 14.4. The number of carbonyl (C=O) groups is 2. The molecule has 7 fully saturated rings. The molecule has 0 aliphatic heterocycles. The Labute approximate surface area is 223 Å². The average Bonchev–Trinajstić information content (AvgIpc) is 3.73. The Bertz CT molecular complexity index is 959. The lowest BCUT2D eigenvalue weighted by Crippen LogP contribution is -2.43. The van der Waals surface area contributed by atoms with E-state index in [9.17, 15) is 9.59 Å². The standard InChI is InChI=1S/C15H22O2.C15H20O2.C2H6O/c2*1-15(14(16)17-2)7-10-6-11(15)13-9-4-3-8(5-9)12(10)13;1-3-2/h8-13H,3-7H2,1-2H3;3-4,8-13H,5-7H2,1-2H3;1-2H3. The fraction of sp³-hybridized carbons (Fsp3) is 0.875. The summed E-state index contributed by atoms with van der Waals surface area (Å²) in [5, 5.41) is 0. The number of methoxy groups -OCH3 is 3. The van der Waals surface area contributed by atoms with Gasteiger partial charge >= 0.3 is 11.9 Å². The van der Waals surface area contributed by atoms with E-state index in [4.69, 9.17) is 9.47 Å². The molecule has 7 saturated carbocycles. The molecule has 0 N–H and O–H groups in total.